The molecule has 1 saturated carbocycles. The van der Waals surface area contributed by atoms with Gasteiger partial charge in [0.15, 0.2) is 5.56 Å². The van der Waals surface area contributed by atoms with Crippen molar-refractivity contribution in [2.24, 2.45) is 0 Å². The van der Waals surface area contributed by atoms with Crippen molar-refractivity contribution in [3.63, 3.8) is 0 Å². The molecule has 0 bridgehead atoms. The Kier molecular flexibility index (Phi) is 8.08. The van der Waals surface area contributed by atoms with E-state index in [4.69, 9.17) is 4.74 Å². The number of benzene rings is 1. The smallest absolute Gasteiger partial charge is 0.334 e. The molecule has 178 valence electrons. The normalized spacial score (nSPS) is 14.1. The Balaban J connectivity index is 2.06. The number of carbonyl (C=O) groups is 2. The molecule has 1 aromatic carbocycles. The van der Waals surface area contributed by atoms with Gasteiger partial charge in [0, 0.05) is 6.04 Å². The van der Waals surface area contributed by atoms with Gasteiger partial charge < -0.3 is 15.2 Å². The second-order valence-corrected chi connectivity index (χ2v) is 8.19. The van der Waals surface area contributed by atoms with Crippen LogP contribution in [0.15, 0.2) is 33.9 Å². The van der Waals surface area contributed by atoms with Crippen molar-refractivity contribution in [1.29, 1.82) is 0 Å². The molecule has 9 heteroatoms. The molecule has 9 nitrogen and oxygen atoms in total. The van der Waals surface area contributed by atoms with Crippen LogP contribution in [-0.2, 0) is 22.5 Å². The molecular weight excluding hydrogens is 426 g/mol. The molecule has 0 saturated heterocycles. The highest BCUT2D eigenvalue weighted by atomic mass is 16.5. The van der Waals surface area contributed by atoms with Crippen molar-refractivity contribution in [3.05, 3.63) is 61.8 Å². The van der Waals surface area contributed by atoms with Gasteiger partial charge in [0.1, 0.15) is 6.54 Å². The quantitative estimate of drug-likeness (QED) is 0.586. The van der Waals surface area contributed by atoms with Crippen LogP contribution in [0.5, 0.6) is 5.88 Å². The van der Waals surface area contributed by atoms with Crippen molar-refractivity contribution in [2.75, 3.05) is 13.2 Å². The van der Waals surface area contributed by atoms with E-state index >= 15 is 0 Å². The number of ether oxygens (including phenoxy) is 1. The molecule has 1 aliphatic carbocycles. The molecule has 1 fully saturated rings. The zero-order chi connectivity index (χ0) is 24.0. The van der Waals surface area contributed by atoms with Gasteiger partial charge in [-0.1, -0.05) is 50.5 Å². The molecule has 0 atom stereocenters. The lowest BCUT2D eigenvalue weighted by Gasteiger charge is -2.25. The Hall–Kier alpha value is -3.36. The van der Waals surface area contributed by atoms with E-state index in [2.05, 4.69) is 5.32 Å². The summed E-state index contributed by atoms with van der Waals surface area (Å²) in [4.78, 5) is 51.0. The first kappa shape index (κ1) is 24.3. The van der Waals surface area contributed by atoms with E-state index in [1.807, 2.05) is 31.2 Å². The summed E-state index contributed by atoms with van der Waals surface area (Å²) in [6.45, 7) is 3.37. The van der Waals surface area contributed by atoms with Crippen molar-refractivity contribution in [2.45, 2.75) is 65.0 Å². The Labute approximate surface area is 192 Å². The average Bonchev–Trinajstić information content (AvgIpc) is 2.82. The van der Waals surface area contributed by atoms with Crippen molar-refractivity contribution in [1.82, 2.24) is 14.5 Å². The summed E-state index contributed by atoms with van der Waals surface area (Å²) >= 11 is 0. The van der Waals surface area contributed by atoms with Crippen molar-refractivity contribution in [3.8, 4) is 5.88 Å². The number of esters is 1. The minimum atomic E-state index is -0.926. The predicted octanol–water partition coefficient (Wildman–Crippen LogP) is 2.12. The zero-order valence-corrected chi connectivity index (χ0v) is 19.1. The molecule has 1 heterocycles. The largest absolute Gasteiger partial charge is 0.494 e. The van der Waals surface area contributed by atoms with Crippen molar-refractivity contribution < 1.29 is 19.4 Å². The molecular formula is C24H31N3O6. The highest BCUT2D eigenvalue weighted by molar-refractivity contribution is 5.97. The van der Waals surface area contributed by atoms with Gasteiger partial charge in [0.25, 0.3) is 11.5 Å². The molecule has 0 spiro atoms. The first-order valence-corrected chi connectivity index (χ1v) is 11.5. The third kappa shape index (κ3) is 5.53. The molecule has 0 aliphatic heterocycles. The Morgan fingerprint density at radius 2 is 1.70 bits per heavy atom. The fourth-order valence-corrected chi connectivity index (χ4v) is 4.18. The number of aryl methyl sites for hydroxylation is 1. The summed E-state index contributed by atoms with van der Waals surface area (Å²) in [5, 5.41) is 13.2. The van der Waals surface area contributed by atoms with E-state index in [0.29, 0.717) is 12.8 Å². The fourth-order valence-electron chi connectivity index (χ4n) is 4.18. The number of carbonyl (C=O) groups excluding carboxylic acids is 2. The van der Waals surface area contributed by atoms with Gasteiger partial charge in [-0.05, 0) is 37.3 Å². The third-order valence-corrected chi connectivity index (χ3v) is 5.99. The first-order valence-electron chi connectivity index (χ1n) is 11.5. The van der Waals surface area contributed by atoms with Gasteiger partial charge in [-0.2, -0.15) is 0 Å². The minimum Gasteiger partial charge on any atom is -0.494 e. The van der Waals surface area contributed by atoms with Crippen LogP contribution in [0.4, 0.5) is 0 Å². The van der Waals surface area contributed by atoms with Crippen LogP contribution in [0.1, 0.15) is 73.5 Å². The summed E-state index contributed by atoms with van der Waals surface area (Å²) < 4.78 is 6.94. The number of hydrogen-bond donors (Lipinski definition) is 2. The number of amides is 1. The average molecular weight is 458 g/mol. The van der Waals surface area contributed by atoms with Gasteiger partial charge in [-0.3, -0.25) is 23.5 Å². The molecule has 1 aromatic heterocycles. The standard InChI is InChI=1S/C24H31N3O6/c1-3-16-10-12-17(13-11-16)15-26-22(30)20(21(29)25-14-19(28)33-4-2)23(31)27(24(26)32)18-8-6-5-7-9-18/h10-13,18,30H,3-9,14-15H2,1-2H3,(H,25,29). The van der Waals surface area contributed by atoms with Crippen LogP contribution in [0, 0.1) is 0 Å². The number of aromatic nitrogens is 2. The maximum Gasteiger partial charge on any atom is 0.334 e. The lowest BCUT2D eigenvalue weighted by Crippen LogP contribution is -2.47. The fraction of sp³-hybridized carbons (Fsp3) is 0.500. The van der Waals surface area contributed by atoms with Gasteiger partial charge in [0.05, 0.1) is 13.2 Å². The number of nitrogens with zero attached hydrogens (tertiary/aromatic N) is 2. The Morgan fingerprint density at radius 1 is 1.06 bits per heavy atom. The first-order chi connectivity index (χ1) is 15.9. The van der Waals surface area contributed by atoms with E-state index in [0.717, 1.165) is 45.9 Å². The van der Waals surface area contributed by atoms with Crippen LogP contribution in [0.3, 0.4) is 0 Å². The van der Waals surface area contributed by atoms with E-state index in [9.17, 15) is 24.3 Å². The molecule has 2 N–H and O–H groups in total. The number of aromatic hydroxyl groups is 1. The number of nitrogens with one attached hydrogen (secondary N) is 1. The summed E-state index contributed by atoms with van der Waals surface area (Å²) in [7, 11) is 0. The second-order valence-electron chi connectivity index (χ2n) is 8.19. The molecule has 0 unspecified atom stereocenters. The molecule has 33 heavy (non-hydrogen) atoms. The summed E-state index contributed by atoms with van der Waals surface area (Å²) in [5.41, 5.74) is -0.165. The maximum absolute atomic E-state index is 13.3. The van der Waals surface area contributed by atoms with Gasteiger partial charge in [-0.15, -0.1) is 0 Å². The molecule has 2 aromatic rings. The van der Waals surface area contributed by atoms with Crippen LogP contribution in [-0.4, -0.2) is 39.3 Å². The topological polar surface area (TPSA) is 120 Å². The van der Waals surface area contributed by atoms with E-state index < -0.39 is 41.1 Å². The van der Waals surface area contributed by atoms with Gasteiger partial charge in [0.2, 0.25) is 5.88 Å². The molecule has 1 aliphatic rings. The third-order valence-electron chi connectivity index (χ3n) is 5.99. The summed E-state index contributed by atoms with van der Waals surface area (Å²) in [6.07, 6.45) is 4.93. The Morgan fingerprint density at radius 3 is 2.30 bits per heavy atom. The van der Waals surface area contributed by atoms with Gasteiger partial charge >= 0.3 is 11.7 Å². The Bertz CT molecular complexity index is 1110. The molecule has 1 amide bonds. The number of hydrogen-bond acceptors (Lipinski definition) is 6. The number of rotatable bonds is 8. The predicted molar refractivity (Wildman–Crippen MR) is 123 cm³/mol. The molecule has 0 radical (unpaired) electrons. The second kappa shape index (κ2) is 11.0. The van der Waals surface area contributed by atoms with Crippen LogP contribution in [0.2, 0.25) is 0 Å². The van der Waals surface area contributed by atoms with Crippen LogP contribution >= 0.6 is 0 Å². The lowest BCUT2D eigenvalue weighted by atomic mass is 9.95. The van der Waals surface area contributed by atoms with E-state index in [1.54, 1.807) is 6.92 Å². The zero-order valence-electron chi connectivity index (χ0n) is 19.1. The summed E-state index contributed by atoms with van der Waals surface area (Å²) in [6, 6.07) is 7.22. The lowest BCUT2D eigenvalue weighted by molar-refractivity contribution is -0.141. The van der Waals surface area contributed by atoms with Gasteiger partial charge in [-0.25, -0.2) is 4.79 Å². The molecule has 3 rings (SSSR count). The monoisotopic (exact) mass is 457 g/mol. The van der Waals surface area contributed by atoms with E-state index in [1.165, 1.54) is 0 Å². The van der Waals surface area contributed by atoms with Crippen LogP contribution < -0.4 is 16.6 Å². The summed E-state index contributed by atoms with van der Waals surface area (Å²) in [5.74, 6) is -2.30. The highest BCUT2D eigenvalue weighted by Crippen LogP contribution is 2.26. The van der Waals surface area contributed by atoms with E-state index in [-0.39, 0.29) is 19.2 Å². The SMILES string of the molecule is CCOC(=O)CNC(=O)c1c(O)n(Cc2ccc(CC)cc2)c(=O)n(C2CCCCC2)c1=O. The highest BCUT2D eigenvalue weighted by Gasteiger charge is 2.28. The van der Waals surface area contributed by atoms with Crippen molar-refractivity contribution >= 4 is 11.9 Å². The maximum atomic E-state index is 13.3. The van der Waals surface area contributed by atoms with Crippen LogP contribution in [0.25, 0.3) is 0 Å². The minimum absolute atomic E-state index is 0.000181.